The number of rotatable bonds is 6. The molecule has 2 aliphatic rings. The lowest BCUT2D eigenvalue weighted by Crippen LogP contribution is -2.26. The van der Waals surface area contributed by atoms with Crippen LogP contribution in [0.3, 0.4) is 0 Å². The van der Waals surface area contributed by atoms with Gasteiger partial charge in [-0.25, -0.2) is 4.98 Å². The molecule has 3 rings (SSSR count). The van der Waals surface area contributed by atoms with Crippen molar-refractivity contribution in [2.75, 3.05) is 17.7 Å². The molecule has 7 nitrogen and oxygen atoms in total. The van der Waals surface area contributed by atoms with Gasteiger partial charge in [-0.15, -0.1) is 0 Å². The fourth-order valence-electron chi connectivity index (χ4n) is 2.69. The first-order chi connectivity index (χ1) is 9.60. The second-order valence-electron chi connectivity index (χ2n) is 5.68. The Hall–Kier alpha value is -1.92. The third kappa shape index (κ3) is 2.52. The van der Waals surface area contributed by atoms with Gasteiger partial charge in [0.05, 0.1) is 4.92 Å². The molecule has 2 fully saturated rings. The van der Waals surface area contributed by atoms with Gasteiger partial charge >= 0.3 is 5.69 Å². The molecule has 0 bridgehead atoms. The van der Waals surface area contributed by atoms with E-state index < -0.39 is 4.92 Å². The summed E-state index contributed by atoms with van der Waals surface area (Å²) in [5, 5.41) is 17.4. The van der Waals surface area contributed by atoms with Crippen LogP contribution in [0.25, 0.3) is 0 Å². The quantitative estimate of drug-likeness (QED) is 0.612. The number of nitrogens with one attached hydrogen (secondary N) is 2. The van der Waals surface area contributed by atoms with Crippen LogP contribution in [0.5, 0.6) is 0 Å². The average Bonchev–Trinajstić information content (AvgIpc) is 3.27. The van der Waals surface area contributed by atoms with Crippen LogP contribution in [-0.2, 0) is 0 Å². The Kier molecular flexibility index (Phi) is 3.19. The van der Waals surface area contributed by atoms with Gasteiger partial charge in [-0.05, 0) is 44.4 Å². The maximum absolute atomic E-state index is 11.3. The average molecular weight is 277 g/mol. The van der Waals surface area contributed by atoms with E-state index in [9.17, 15) is 10.1 Å². The number of nitrogens with zero attached hydrogens (tertiary/aromatic N) is 3. The monoisotopic (exact) mass is 277 g/mol. The van der Waals surface area contributed by atoms with Gasteiger partial charge in [0.25, 0.3) is 0 Å². The molecular weight excluding hydrogens is 258 g/mol. The molecule has 1 aromatic rings. The summed E-state index contributed by atoms with van der Waals surface area (Å²) in [6.07, 6.45) is 4.85. The zero-order valence-electron chi connectivity index (χ0n) is 11.7. The minimum absolute atomic E-state index is 0.00435. The summed E-state index contributed by atoms with van der Waals surface area (Å²) in [6.45, 7) is 1.65. The summed E-state index contributed by atoms with van der Waals surface area (Å²) in [7, 11) is 1.71. The molecule has 0 spiro atoms. The zero-order valence-corrected chi connectivity index (χ0v) is 11.7. The Balaban J connectivity index is 1.93. The Morgan fingerprint density at radius 1 is 1.25 bits per heavy atom. The van der Waals surface area contributed by atoms with Crippen molar-refractivity contribution in [3.63, 3.8) is 0 Å². The molecule has 2 aliphatic carbocycles. The van der Waals surface area contributed by atoms with Crippen LogP contribution in [0.2, 0.25) is 0 Å². The van der Waals surface area contributed by atoms with Gasteiger partial charge in [0.2, 0.25) is 11.8 Å². The van der Waals surface area contributed by atoms with Crippen molar-refractivity contribution < 1.29 is 4.92 Å². The van der Waals surface area contributed by atoms with Crippen LogP contribution in [-0.4, -0.2) is 28.0 Å². The van der Waals surface area contributed by atoms with E-state index in [1.165, 1.54) is 25.7 Å². The lowest BCUT2D eigenvalue weighted by Gasteiger charge is -2.18. The van der Waals surface area contributed by atoms with Crippen LogP contribution in [0, 0.1) is 28.9 Å². The van der Waals surface area contributed by atoms with Crippen LogP contribution in [0.15, 0.2) is 0 Å². The molecule has 20 heavy (non-hydrogen) atoms. The highest BCUT2D eigenvalue weighted by Gasteiger charge is 2.42. The van der Waals surface area contributed by atoms with Crippen molar-refractivity contribution >= 4 is 17.5 Å². The van der Waals surface area contributed by atoms with Gasteiger partial charge in [0.1, 0.15) is 5.69 Å². The number of aryl methyl sites for hydroxylation is 1. The summed E-state index contributed by atoms with van der Waals surface area (Å²) < 4.78 is 0. The third-order valence-corrected chi connectivity index (χ3v) is 4.03. The molecule has 0 aliphatic heterocycles. The van der Waals surface area contributed by atoms with Crippen molar-refractivity contribution in [3.05, 3.63) is 15.8 Å². The van der Waals surface area contributed by atoms with Crippen LogP contribution < -0.4 is 10.6 Å². The fraction of sp³-hybridized carbons (Fsp3) is 0.692. The summed E-state index contributed by atoms with van der Waals surface area (Å²) in [4.78, 5) is 19.2. The number of hydrogen-bond donors (Lipinski definition) is 2. The molecule has 1 aromatic heterocycles. The first-order valence-electron chi connectivity index (χ1n) is 7.07. The number of anilines is 2. The molecule has 0 aromatic carbocycles. The molecular formula is C13H19N5O2. The highest BCUT2D eigenvalue weighted by atomic mass is 16.6. The van der Waals surface area contributed by atoms with Gasteiger partial charge in [-0.2, -0.15) is 4.98 Å². The summed E-state index contributed by atoms with van der Waals surface area (Å²) in [6, 6.07) is 0.327. The van der Waals surface area contributed by atoms with E-state index in [1.807, 2.05) is 0 Å². The summed E-state index contributed by atoms with van der Waals surface area (Å²) in [5.74, 6) is 2.07. The number of hydrogen-bond acceptors (Lipinski definition) is 6. The molecule has 7 heteroatoms. The first-order valence-corrected chi connectivity index (χ1v) is 7.07. The van der Waals surface area contributed by atoms with Gasteiger partial charge in [-0.3, -0.25) is 10.1 Å². The van der Waals surface area contributed by atoms with Crippen molar-refractivity contribution in [2.24, 2.45) is 11.8 Å². The van der Waals surface area contributed by atoms with E-state index in [1.54, 1.807) is 14.0 Å². The molecule has 2 N–H and O–H groups in total. The Morgan fingerprint density at radius 2 is 1.85 bits per heavy atom. The lowest BCUT2D eigenvalue weighted by molar-refractivity contribution is -0.385. The van der Waals surface area contributed by atoms with Gasteiger partial charge in [-0.1, -0.05) is 0 Å². The predicted octanol–water partition coefficient (Wildman–Crippen LogP) is 2.34. The van der Waals surface area contributed by atoms with Crippen molar-refractivity contribution in [1.29, 1.82) is 0 Å². The van der Waals surface area contributed by atoms with E-state index in [4.69, 9.17) is 0 Å². The highest BCUT2D eigenvalue weighted by Crippen LogP contribution is 2.46. The number of nitro groups is 1. The Bertz CT molecular complexity index is 528. The SMILES string of the molecule is CNc1nc(C)c([N+](=O)[O-])c(NC(C2CC2)C2CC2)n1. The van der Waals surface area contributed by atoms with Crippen LogP contribution >= 0.6 is 0 Å². The van der Waals surface area contributed by atoms with E-state index in [0.717, 1.165) is 0 Å². The van der Waals surface area contributed by atoms with E-state index in [0.29, 0.717) is 35.3 Å². The van der Waals surface area contributed by atoms with Gasteiger partial charge in [0.15, 0.2) is 0 Å². The van der Waals surface area contributed by atoms with Crippen LogP contribution in [0.1, 0.15) is 31.4 Å². The molecule has 0 amide bonds. The number of aromatic nitrogens is 2. The molecule has 0 radical (unpaired) electrons. The molecule has 0 unspecified atom stereocenters. The standard InChI is InChI=1S/C13H19N5O2/c1-7-11(18(19)20)12(17-13(14-2)15-7)16-10(8-3-4-8)9-5-6-9/h8-10H,3-6H2,1-2H3,(H2,14,15,16,17). The lowest BCUT2D eigenvalue weighted by atomic mass is 10.1. The third-order valence-electron chi connectivity index (χ3n) is 4.03. The minimum Gasteiger partial charge on any atom is -0.361 e. The predicted molar refractivity (Wildman–Crippen MR) is 75.8 cm³/mol. The topological polar surface area (TPSA) is 93.0 Å². The Labute approximate surface area is 117 Å². The van der Waals surface area contributed by atoms with Crippen LogP contribution in [0.4, 0.5) is 17.5 Å². The molecule has 2 saturated carbocycles. The van der Waals surface area contributed by atoms with E-state index in [-0.39, 0.29) is 5.69 Å². The molecule has 108 valence electrons. The van der Waals surface area contributed by atoms with Crippen molar-refractivity contribution in [3.8, 4) is 0 Å². The smallest absolute Gasteiger partial charge is 0.332 e. The highest BCUT2D eigenvalue weighted by molar-refractivity contribution is 5.61. The minimum atomic E-state index is -0.395. The van der Waals surface area contributed by atoms with E-state index >= 15 is 0 Å². The fourth-order valence-corrected chi connectivity index (χ4v) is 2.69. The Morgan fingerprint density at radius 3 is 2.30 bits per heavy atom. The summed E-state index contributed by atoms with van der Waals surface area (Å²) in [5.41, 5.74) is 0.387. The maximum Gasteiger partial charge on any atom is 0.332 e. The molecule has 0 saturated heterocycles. The zero-order chi connectivity index (χ0) is 14.3. The van der Waals surface area contributed by atoms with Crippen molar-refractivity contribution in [1.82, 2.24) is 9.97 Å². The largest absolute Gasteiger partial charge is 0.361 e. The summed E-state index contributed by atoms with van der Waals surface area (Å²) >= 11 is 0. The molecule has 1 heterocycles. The maximum atomic E-state index is 11.3. The van der Waals surface area contributed by atoms with Gasteiger partial charge in [0, 0.05) is 13.1 Å². The van der Waals surface area contributed by atoms with E-state index in [2.05, 4.69) is 20.6 Å². The molecule has 0 atom stereocenters. The van der Waals surface area contributed by atoms with Gasteiger partial charge < -0.3 is 10.6 Å². The second kappa shape index (κ2) is 4.88. The normalized spacial score (nSPS) is 18.1. The second-order valence-corrected chi connectivity index (χ2v) is 5.68. The van der Waals surface area contributed by atoms with Crippen molar-refractivity contribution in [2.45, 2.75) is 38.6 Å². The first kappa shape index (κ1) is 13.1.